The van der Waals surface area contributed by atoms with Gasteiger partial charge in [-0.3, -0.25) is 9.59 Å². The van der Waals surface area contributed by atoms with Crippen LogP contribution in [-0.4, -0.2) is 11.8 Å². The van der Waals surface area contributed by atoms with Crippen LogP contribution >= 0.6 is 0 Å². The summed E-state index contributed by atoms with van der Waals surface area (Å²) in [7, 11) is 0. The molecule has 116 valence electrons. The lowest BCUT2D eigenvalue weighted by Crippen LogP contribution is -2.01. The Labute approximate surface area is 134 Å². The van der Waals surface area contributed by atoms with E-state index in [9.17, 15) is 9.59 Å². The Balaban J connectivity index is 1.87. The number of esters is 1. The van der Waals surface area contributed by atoms with Gasteiger partial charge >= 0.3 is 5.97 Å². The number of hydrogen-bond acceptors (Lipinski definition) is 4. The molecule has 0 radical (unpaired) electrons. The molecule has 0 fully saturated rings. The summed E-state index contributed by atoms with van der Waals surface area (Å²) in [5.74, 6) is 0.446. The summed E-state index contributed by atoms with van der Waals surface area (Å²) in [5.41, 5.74) is 2.61. The first kappa shape index (κ1) is 15.0. The van der Waals surface area contributed by atoms with Crippen molar-refractivity contribution in [2.45, 2.75) is 20.3 Å². The Morgan fingerprint density at radius 3 is 2.57 bits per heavy atom. The van der Waals surface area contributed by atoms with Crippen molar-refractivity contribution in [3.63, 3.8) is 0 Å². The van der Waals surface area contributed by atoms with E-state index in [1.807, 2.05) is 24.3 Å². The highest BCUT2D eigenvalue weighted by Crippen LogP contribution is 2.34. The lowest BCUT2D eigenvalue weighted by molar-refractivity contribution is -0.131. The molecule has 0 saturated carbocycles. The molecular formula is C19H16O4. The van der Waals surface area contributed by atoms with E-state index in [1.165, 1.54) is 12.5 Å². The SMILES string of the molecule is CCc1ccc(/C=C2\Oc3cc(OC(C)=O)ccc3C2=O)cc1. The van der Waals surface area contributed by atoms with Gasteiger partial charge in [-0.1, -0.05) is 31.2 Å². The third-order valence-corrected chi connectivity index (χ3v) is 3.59. The summed E-state index contributed by atoms with van der Waals surface area (Å²) in [5, 5.41) is 0. The standard InChI is InChI=1S/C19H16O4/c1-3-13-4-6-14(7-5-13)10-18-19(21)16-9-8-15(22-12(2)20)11-17(16)23-18/h4-11H,3H2,1-2H3/b18-10-. The molecule has 1 heterocycles. The van der Waals surface area contributed by atoms with Gasteiger partial charge < -0.3 is 9.47 Å². The van der Waals surface area contributed by atoms with Crippen LogP contribution < -0.4 is 9.47 Å². The minimum absolute atomic E-state index is 0.172. The summed E-state index contributed by atoms with van der Waals surface area (Å²) in [6.07, 6.45) is 2.68. The van der Waals surface area contributed by atoms with E-state index in [1.54, 1.807) is 24.3 Å². The number of hydrogen-bond donors (Lipinski definition) is 0. The Bertz CT molecular complexity index is 801. The lowest BCUT2D eigenvalue weighted by atomic mass is 10.1. The molecule has 0 amide bonds. The number of aryl methyl sites for hydroxylation is 1. The lowest BCUT2D eigenvalue weighted by Gasteiger charge is -2.03. The van der Waals surface area contributed by atoms with Crippen LogP contribution in [0.3, 0.4) is 0 Å². The predicted octanol–water partition coefficient (Wildman–Crippen LogP) is 3.79. The monoisotopic (exact) mass is 308 g/mol. The molecule has 4 nitrogen and oxygen atoms in total. The van der Waals surface area contributed by atoms with Crippen molar-refractivity contribution >= 4 is 17.8 Å². The number of allylic oxidation sites excluding steroid dienone is 1. The van der Waals surface area contributed by atoms with Crippen LogP contribution in [0.4, 0.5) is 0 Å². The number of rotatable bonds is 3. The Hall–Kier alpha value is -2.88. The van der Waals surface area contributed by atoms with Crippen molar-refractivity contribution in [1.29, 1.82) is 0 Å². The predicted molar refractivity (Wildman–Crippen MR) is 86.5 cm³/mol. The fourth-order valence-corrected chi connectivity index (χ4v) is 2.40. The van der Waals surface area contributed by atoms with E-state index >= 15 is 0 Å². The molecule has 2 aromatic rings. The minimum atomic E-state index is -0.416. The maximum absolute atomic E-state index is 12.4. The molecule has 0 aromatic heterocycles. The normalized spacial score (nSPS) is 14.5. The molecule has 3 rings (SSSR count). The van der Waals surface area contributed by atoms with Crippen LogP contribution in [-0.2, 0) is 11.2 Å². The van der Waals surface area contributed by atoms with Crippen molar-refractivity contribution in [1.82, 2.24) is 0 Å². The number of ketones is 1. The number of carbonyl (C=O) groups is 2. The van der Waals surface area contributed by atoms with E-state index in [0.29, 0.717) is 17.1 Å². The highest BCUT2D eigenvalue weighted by atomic mass is 16.5. The molecule has 0 atom stereocenters. The second kappa shape index (κ2) is 6.08. The fraction of sp³-hybridized carbons (Fsp3) is 0.158. The molecule has 0 unspecified atom stereocenters. The quantitative estimate of drug-likeness (QED) is 0.492. The van der Waals surface area contributed by atoms with Gasteiger partial charge in [0, 0.05) is 13.0 Å². The van der Waals surface area contributed by atoms with E-state index in [0.717, 1.165) is 12.0 Å². The van der Waals surface area contributed by atoms with E-state index < -0.39 is 5.97 Å². The zero-order valence-electron chi connectivity index (χ0n) is 13.0. The zero-order valence-corrected chi connectivity index (χ0v) is 13.0. The third kappa shape index (κ3) is 3.16. The summed E-state index contributed by atoms with van der Waals surface area (Å²) in [6, 6.07) is 12.7. The molecule has 0 aliphatic carbocycles. The minimum Gasteiger partial charge on any atom is -0.452 e. The summed E-state index contributed by atoms with van der Waals surface area (Å²) < 4.78 is 10.6. The number of Topliss-reactive ketones (excluding diaryl/α,β-unsaturated/α-hetero) is 1. The van der Waals surface area contributed by atoms with E-state index in [-0.39, 0.29) is 11.5 Å². The number of benzene rings is 2. The molecule has 0 N–H and O–H groups in total. The third-order valence-electron chi connectivity index (χ3n) is 3.59. The van der Waals surface area contributed by atoms with Crippen molar-refractivity contribution in [3.8, 4) is 11.5 Å². The highest BCUT2D eigenvalue weighted by Gasteiger charge is 2.27. The number of ether oxygens (including phenoxy) is 2. The van der Waals surface area contributed by atoms with Gasteiger partial charge in [-0.2, -0.15) is 0 Å². The van der Waals surface area contributed by atoms with Crippen LogP contribution in [0, 0.1) is 0 Å². The van der Waals surface area contributed by atoms with Gasteiger partial charge in [0.05, 0.1) is 5.56 Å². The zero-order chi connectivity index (χ0) is 16.4. The molecule has 0 spiro atoms. The topological polar surface area (TPSA) is 52.6 Å². The average molecular weight is 308 g/mol. The smallest absolute Gasteiger partial charge is 0.308 e. The Morgan fingerprint density at radius 1 is 1.17 bits per heavy atom. The van der Waals surface area contributed by atoms with Gasteiger partial charge in [0.25, 0.3) is 0 Å². The molecule has 4 heteroatoms. The highest BCUT2D eigenvalue weighted by molar-refractivity contribution is 6.14. The van der Waals surface area contributed by atoms with Crippen molar-refractivity contribution in [2.75, 3.05) is 0 Å². The molecule has 0 bridgehead atoms. The fourth-order valence-electron chi connectivity index (χ4n) is 2.40. The van der Waals surface area contributed by atoms with Crippen LogP contribution in [0.1, 0.15) is 35.3 Å². The molecular weight excluding hydrogens is 292 g/mol. The summed E-state index contributed by atoms with van der Waals surface area (Å²) >= 11 is 0. The van der Waals surface area contributed by atoms with Gasteiger partial charge in [-0.05, 0) is 35.8 Å². The van der Waals surface area contributed by atoms with Crippen LogP contribution in [0.25, 0.3) is 6.08 Å². The Morgan fingerprint density at radius 2 is 1.91 bits per heavy atom. The van der Waals surface area contributed by atoms with Crippen molar-refractivity contribution in [3.05, 3.63) is 64.9 Å². The van der Waals surface area contributed by atoms with Gasteiger partial charge in [-0.25, -0.2) is 0 Å². The molecule has 0 saturated heterocycles. The van der Waals surface area contributed by atoms with Gasteiger partial charge in [-0.15, -0.1) is 0 Å². The van der Waals surface area contributed by atoms with Crippen LogP contribution in [0.5, 0.6) is 11.5 Å². The molecule has 1 aliphatic rings. The first-order valence-corrected chi connectivity index (χ1v) is 7.42. The van der Waals surface area contributed by atoms with Gasteiger partial charge in [0.15, 0.2) is 5.76 Å². The van der Waals surface area contributed by atoms with Gasteiger partial charge in [0.1, 0.15) is 11.5 Å². The average Bonchev–Trinajstić information content (AvgIpc) is 2.83. The van der Waals surface area contributed by atoms with E-state index in [4.69, 9.17) is 9.47 Å². The van der Waals surface area contributed by atoms with Crippen molar-refractivity contribution in [2.24, 2.45) is 0 Å². The van der Waals surface area contributed by atoms with Crippen molar-refractivity contribution < 1.29 is 19.1 Å². The second-order valence-electron chi connectivity index (χ2n) is 5.29. The first-order chi connectivity index (χ1) is 11.1. The maximum atomic E-state index is 12.4. The summed E-state index contributed by atoms with van der Waals surface area (Å²) in [4.78, 5) is 23.4. The molecule has 1 aliphatic heterocycles. The van der Waals surface area contributed by atoms with Gasteiger partial charge in [0.2, 0.25) is 5.78 Å². The Kier molecular flexibility index (Phi) is 3.98. The first-order valence-electron chi connectivity index (χ1n) is 7.42. The largest absolute Gasteiger partial charge is 0.452 e. The number of fused-ring (bicyclic) bond motifs is 1. The molecule has 23 heavy (non-hydrogen) atoms. The maximum Gasteiger partial charge on any atom is 0.308 e. The van der Waals surface area contributed by atoms with Crippen LogP contribution in [0.2, 0.25) is 0 Å². The van der Waals surface area contributed by atoms with E-state index in [2.05, 4.69) is 6.92 Å². The second-order valence-corrected chi connectivity index (χ2v) is 5.29. The molecule has 2 aromatic carbocycles. The summed E-state index contributed by atoms with van der Waals surface area (Å²) in [6.45, 7) is 3.42. The number of carbonyl (C=O) groups excluding carboxylic acids is 2. The van der Waals surface area contributed by atoms with Crippen LogP contribution in [0.15, 0.2) is 48.2 Å².